The largest absolute Gasteiger partial charge is 0.732 e. The topological polar surface area (TPSA) is 0 Å². The maximum absolute atomic E-state index is 9.76. The van der Waals surface area contributed by atoms with E-state index in [9.17, 15) is 7.05 Å². The summed E-state index contributed by atoms with van der Waals surface area (Å²) in [7, 11) is 0. The van der Waals surface area contributed by atoms with Gasteiger partial charge in [-0.05, 0) is 6.42 Å². The van der Waals surface area contributed by atoms with Crippen LogP contribution in [-0.2, 0) is 0 Å². The molecule has 0 N–H and O–H groups in total. The minimum Gasteiger partial charge on any atom is -0.377 e. The van der Waals surface area contributed by atoms with Gasteiger partial charge < -0.3 is 7.05 Å². The lowest BCUT2D eigenvalue weighted by molar-refractivity contribution is 0.593. The summed E-state index contributed by atoms with van der Waals surface area (Å²) >= 11 is -2.58. The maximum Gasteiger partial charge on any atom is 0.732 e. The molecule has 1 saturated carbocycles. The molecule has 0 nitrogen and oxygen atoms in total. The molecule has 1 radical (unpaired) electrons. The quantitative estimate of drug-likeness (QED) is 0.464. The van der Waals surface area contributed by atoms with Crippen LogP contribution in [0.4, 0.5) is 7.05 Å². The monoisotopic (exact) mass is 149 g/mol. The Balaban J connectivity index is 0.000000187. The van der Waals surface area contributed by atoms with E-state index in [1.165, 1.54) is 32.1 Å². The second-order valence-electron chi connectivity index (χ2n) is 2.03. The first kappa shape index (κ1) is 9.39. The van der Waals surface area contributed by atoms with Gasteiger partial charge in [0.15, 0.2) is 0 Å². The molecular formula is C6H12AlF2. The van der Waals surface area contributed by atoms with Gasteiger partial charge in [-0.15, -0.1) is 0 Å². The van der Waals surface area contributed by atoms with Crippen molar-refractivity contribution in [1.82, 2.24) is 0 Å². The van der Waals surface area contributed by atoms with Gasteiger partial charge in [-0.2, -0.15) is 0 Å². The lowest BCUT2D eigenvalue weighted by Crippen LogP contribution is -1.87. The molecule has 0 saturated heterocycles. The predicted octanol–water partition coefficient (Wildman–Crippen LogP) is 2.35. The number of halogens is 2. The van der Waals surface area contributed by atoms with Crippen molar-refractivity contribution in [3.05, 3.63) is 6.42 Å². The molecule has 0 bridgehead atoms. The molecule has 0 heterocycles. The lowest BCUT2D eigenvalue weighted by Gasteiger charge is -2.05. The Bertz CT molecular complexity index is 34.8. The van der Waals surface area contributed by atoms with Crippen molar-refractivity contribution in [3.8, 4) is 0 Å². The Kier molecular flexibility index (Phi) is 8.76. The normalized spacial score (nSPS) is 17.6. The first-order valence-corrected chi connectivity index (χ1v) is 4.42. The van der Waals surface area contributed by atoms with Gasteiger partial charge in [0, 0.05) is 0 Å². The van der Waals surface area contributed by atoms with Gasteiger partial charge in [-0.1, -0.05) is 32.1 Å². The molecule has 0 amide bonds. The lowest BCUT2D eigenvalue weighted by atomic mass is 10.0. The van der Waals surface area contributed by atoms with Crippen LogP contribution in [0.25, 0.3) is 0 Å². The molecular weight excluding hydrogens is 137 g/mol. The summed E-state index contributed by atoms with van der Waals surface area (Å²) in [5.41, 5.74) is 0. The fraction of sp³-hybridized carbons (Fsp3) is 0.833. The predicted molar refractivity (Wildman–Crippen MR) is 36.8 cm³/mol. The summed E-state index contributed by atoms with van der Waals surface area (Å²) in [6, 6.07) is 0. The summed E-state index contributed by atoms with van der Waals surface area (Å²) in [6.45, 7) is 0. The van der Waals surface area contributed by atoms with E-state index in [1.54, 1.807) is 0 Å². The molecule has 0 aromatic heterocycles. The van der Waals surface area contributed by atoms with Crippen LogP contribution in [-0.4, -0.2) is 16.1 Å². The smallest absolute Gasteiger partial charge is 0.377 e. The van der Waals surface area contributed by atoms with Crippen molar-refractivity contribution in [2.45, 2.75) is 32.1 Å². The Morgan fingerprint density at radius 3 is 1.56 bits per heavy atom. The second-order valence-corrected chi connectivity index (χ2v) is 2.23. The number of rotatable bonds is 0. The first-order valence-electron chi connectivity index (χ1n) is 3.35. The molecule has 0 aliphatic heterocycles. The summed E-state index contributed by atoms with van der Waals surface area (Å²) in [6.07, 6.45) is 9.50. The summed E-state index contributed by atoms with van der Waals surface area (Å²) in [5.74, 6) is 0. The van der Waals surface area contributed by atoms with E-state index in [-0.39, 0.29) is 0 Å². The highest BCUT2D eigenvalue weighted by atomic mass is 27.2. The van der Waals surface area contributed by atoms with Crippen LogP contribution in [0.2, 0.25) is 0 Å². The zero-order chi connectivity index (χ0) is 6.95. The van der Waals surface area contributed by atoms with Crippen molar-refractivity contribution in [1.29, 1.82) is 0 Å². The Hall–Kier alpha value is 0.392. The van der Waals surface area contributed by atoms with E-state index in [0.717, 1.165) is 0 Å². The van der Waals surface area contributed by atoms with Gasteiger partial charge in [-0.25, -0.2) is 0 Å². The molecule has 3 heteroatoms. The molecule has 0 spiro atoms. The van der Waals surface area contributed by atoms with Crippen LogP contribution in [0.5, 0.6) is 0 Å². The molecule has 1 aliphatic rings. The van der Waals surface area contributed by atoms with Gasteiger partial charge in [0.2, 0.25) is 0 Å². The minimum atomic E-state index is -2.58. The van der Waals surface area contributed by atoms with E-state index in [2.05, 4.69) is 6.42 Å². The zero-order valence-electron chi connectivity index (χ0n) is 5.58. The molecule has 1 aliphatic carbocycles. The fourth-order valence-electron chi connectivity index (χ4n) is 0.898. The van der Waals surface area contributed by atoms with Gasteiger partial charge in [0.05, 0.1) is 0 Å². The minimum absolute atomic E-state index is 1.38. The molecule has 1 fully saturated rings. The Morgan fingerprint density at radius 2 is 1.44 bits per heavy atom. The number of hydrogen-bond donors (Lipinski definition) is 0. The Labute approximate surface area is 62.3 Å². The average Bonchev–Trinajstić information content (AvgIpc) is 1.93. The third-order valence-electron chi connectivity index (χ3n) is 1.32. The molecule has 0 aromatic rings. The van der Waals surface area contributed by atoms with E-state index in [1.807, 2.05) is 0 Å². The van der Waals surface area contributed by atoms with Crippen LogP contribution in [0.3, 0.4) is 0 Å². The maximum atomic E-state index is 9.76. The molecule has 0 atom stereocenters. The third-order valence-corrected chi connectivity index (χ3v) is 1.32. The zero-order valence-corrected chi connectivity index (χ0v) is 6.99. The van der Waals surface area contributed by atoms with Crippen molar-refractivity contribution < 1.29 is 7.05 Å². The summed E-state index contributed by atoms with van der Waals surface area (Å²) in [5, 5.41) is 0. The molecule has 0 aromatic carbocycles. The number of hydrogen-bond acceptors (Lipinski definition) is 0. The average molecular weight is 149 g/mol. The first-order chi connectivity index (χ1) is 4.41. The van der Waals surface area contributed by atoms with Crippen molar-refractivity contribution in [3.63, 3.8) is 0 Å². The van der Waals surface area contributed by atoms with Crippen molar-refractivity contribution in [2.75, 3.05) is 0 Å². The van der Waals surface area contributed by atoms with Gasteiger partial charge >= 0.3 is 16.1 Å². The van der Waals surface area contributed by atoms with E-state index < -0.39 is 16.1 Å². The molecule has 53 valence electrons. The Morgan fingerprint density at radius 1 is 1.00 bits per heavy atom. The SMILES string of the molecule is [CH]1CCCCC1.[F][AlH][F]. The standard InChI is InChI=1S/C6H11.Al.2FH.H/c1-2-4-6-5-3-1;;;;/h1H,2-6H2;;2*1H;/q;+2;;;/p-2. The van der Waals surface area contributed by atoms with Crippen LogP contribution >= 0.6 is 0 Å². The van der Waals surface area contributed by atoms with E-state index in [0.29, 0.717) is 0 Å². The summed E-state index contributed by atoms with van der Waals surface area (Å²) in [4.78, 5) is 0. The third kappa shape index (κ3) is 8.39. The van der Waals surface area contributed by atoms with Crippen LogP contribution in [0.15, 0.2) is 0 Å². The van der Waals surface area contributed by atoms with Crippen LogP contribution in [0.1, 0.15) is 32.1 Å². The van der Waals surface area contributed by atoms with Gasteiger partial charge in [-0.3, -0.25) is 0 Å². The fourth-order valence-corrected chi connectivity index (χ4v) is 0.898. The molecule has 1 rings (SSSR count). The van der Waals surface area contributed by atoms with Crippen LogP contribution in [0, 0.1) is 6.42 Å². The summed E-state index contributed by atoms with van der Waals surface area (Å²) < 4.78 is 19.5. The molecule has 9 heavy (non-hydrogen) atoms. The molecule has 0 unspecified atom stereocenters. The van der Waals surface area contributed by atoms with Crippen molar-refractivity contribution >= 4 is 16.1 Å². The highest BCUT2D eigenvalue weighted by Crippen LogP contribution is 2.14. The van der Waals surface area contributed by atoms with Crippen LogP contribution < -0.4 is 0 Å². The highest BCUT2D eigenvalue weighted by molar-refractivity contribution is 6.15. The second kappa shape index (κ2) is 8.39. The van der Waals surface area contributed by atoms with Gasteiger partial charge in [0.1, 0.15) is 0 Å². The van der Waals surface area contributed by atoms with E-state index >= 15 is 0 Å². The highest BCUT2D eigenvalue weighted by Gasteiger charge is 1.95. The van der Waals surface area contributed by atoms with Gasteiger partial charge in [0.25, 0.3) is 0 Å². The van der Waals surface area contributed by atoms with E-state index in [4.69, 9.17) is 0 Å². The van der Waals surface area contributed by atoms with Crippen molar-refractivity contribution in [2.24, 2.45) is 0 Å².